The predicted molar refractivity (Wildman–Crippen MR) is 74.2 cm³/mol. The molecule has 100 valence electrons. The van der Waals surface area contributed by atoms with Crippen molar-refractivity contribution in [2.24, 2.45) is 0 Å². The smallest absolute Gasteiger partial charge is 0.152 e. The summed E-state index contributed by atoms with van der Waals surface area (Å²) in [6, 6.07) is 7.48. The van der Waals surface area contributed by atoms with E-state index in [1.807, 2.05) is 0 Å². The van der Waals surface area contributed by atoms with Gasteiger partial charge in [0.25, 0.3) is 0 Å². The Morgan fingerprint density at radius 2 is 1.95 bits per heavy atom. The summed E-state index contributed by atoms with van der Waals surface area (Å²) >= 11 is 3.28. The van der Waals surface area contributed by atoms with E-state index < -0.39 is 11.6 Å². The molecule has 2 nitrogen and oxygen atoms in total. The van der Waals surface area contributed by atoms with E-state index in [-0.39, 0.29) is 18.0 Å². The fourth-order valence-corrected chi connectivity index (χ4v) is 2.11. The second-order valence-corrected chi connectivity index (χ2v) is 5.10. The zero-order valence-corrected chi connectivity index (χ0v) is 11.8. The molecule has 0 saturated heterocycles. The maximum absolute atomic E-state index is 13.8. The molecule has 2 N–H and O–H groups in total. The summed E-state index contributed by atoms with van der Waals surface area (Å²) in [6.07, 6.45) is 0. The van der Waals surface area contributed by atoms with Crippen LogP contribution in [-0.4, -0.2) is 5.11 Å². The number of anilines is 1. The van der Waals surface area contributed by atoms with E-state index in [1.165, 1.54) is 18.2 Å². The lowest BCUT2D eigenvalue weighted by atomic mass is 10.1. The van der Waals surface area contributed by atoms with Crippen molar-refractivity contribution in [2.45, 2.75) is 13.5 Å². The Bertz CT molecular complexity index is 617. The second-order valence-electron chi connectivity index (χ2n) is 4.18. The lowest BCUT2D eigenvalue weighted by molar-refractivity contribution is 0.468. The number of nitrogens with one attached hydrogen (secondary N) is 1. The maximum atomic E-state index is 13.8. The summed E-state index contributed by atoms with van der Waals surface area (Å²) in [6.45, 7) is 1.69. The fourth-order valence-electron chi connectivity index (χ4n) is 1.70. The summed E-state index contributed by atoms with van der Waals surface area (Å²) in [5.74, 6) is -1.20. The summed E-state index contributed by atoms with van der Waals surface area (Å²) in [5.41, 5.74) is 0.733. The van der Waals surface area contributed by atoms with Gasteiger partial charge in [0.05, 0.1) is 0 Å². The van der Waals surface area contributed by atoms with Crippen molar-refractivity contribution in [1.29, 1.82) is 0 Å². The van der Waals surface area contributed by atoms with Gasteiger partial charge in [-0.3, -0.25) is 0 Å². The van der Waals surface area contributed by atoms with Crippen LogP contribution in [-0.2, 0) is 6.54 Å². The van der Waals surface area contributed by atoms with Gasteiger partial charge in [0.1, 0.15) is 17.3 Å². The van der Waals surface area contributed by atoms with Crippen LogP contribution < -0.4 is 5.32 Å². The highest BCUT2D eigenvalue weighted by molar-refractivity contribution is 9.10. The zero-order valence-electron chi connectivity index (χ0n) is 10.2. The first-order valence-corrected chi connectivity index (χ1v) is 6.44. The highest BCUT2D eigenvalue weighted by Gasteiger charge is 2.11. The van der Waals surface area contributed by atoms with Crippen LogP contribution >= 0.6 is 15.9 Å². The second kappa shape index (κ2) is 5.57. The third-order valence-electron chi connectivity index (χ3n) is 2.78. The minimum Gasteiger partial charge on any atom is -0.508 e. The normalized spacial score (nSPS) is 10.5. The maximum Gasteiger partial charge on any atom is 0.152 e. The van der Waals surface area contributed by atoms with Crippen molar-refractivity contribution in [2.75, 3.05) is 5.32 Å². The van der Waals surface area contributed by atoms with Gasteiger partial charge in [0, 0.05) is 16.6 Å². The van der Waals surface area contributed by atoms with Gasteiger partial charge in [0.2, 0.25) is 0 Å². The molecule has 2 aromatic carbocycles. The Morgan fingerprint density at radius 1 is 1.21 bits per heavy atom. The number of phenolic OH excluding ortho intramolecular Hbond substituents is 1. The number of benzene rings is 2. The molecule has 0 radical (unpaired) electrons. The van der Waals surface area contributed by atoms with Crippen molar-refractivity contribution in [3.05, 3.63) is 57.6 Å². The third-order valence-corrected chi connectivity index (χ3v) is 3.27. The molecule has 19 heavy (non-hydrogen) atoms. The Hall–Kier alpha value is -1.62. The molecule has 2 aromatic rings. The number of aryl methyl sites for hydroxylation is 1. The van der Waals surface area contributed by atoms with Gasteiger partial charge in [-0.05, 0) is 36.8 Å². The molecule has 0 heterocycles. The standard InChI is InChI=1S/C14H12BrF2NO/c1-8-2-4-11(16)14(13(8)17)18-7-9-6-10(15)3-5-12(9)19/h2-6,18-19H,7H2,1H3. The summed E-state index contributed by atoms with van der Waals surface area (Å²) in [4.78, 5) is 0. The van der Waals surface area contributed by atoms with Gasteiger partial charge in [-0.25, -0.2) is 8.78 Å². The Morgan fingerprint density at radius 3 is 2.68 bits per heavy atom. The molecule has 0 aliphatic heterocycles. The third kappa shape index (κ3) is 3.04. The molecule has 5 heteroatoms. The molecule has 0 aliphatic rings. The van der Waals surface area contributed by atoms with Gasteiger partial charge in [-0.1, -0.05) is 22.0 Å². The fraction of sp³-hybridized carbons (Fsp3) is 0.143. The molecule has 0 fully saturated rings. The van der Waals surface area contributed by atoms with E-state index in [0.29, 0.717) is 11.1 Å². The monoisotopic (exact) mass is 327 g/mol. The lowest BCUT2D eigenvalue weighted by Gasteiger charge is -2.11. The number of aromatic hydroxyl groups is 1. The zero-order chi connectivity index (χ0) is 14.0. The molecule has 0 atom stereocenters. The van der Waals surface area contributed by atoms with Gasteiger partial charge in [0.15, 0.2) is 5.82 Å². The van der Waals surface area contributed by atoms with E-state index in [9.17, 15) is 13.9 Å². The minimum atomic E-state index is -0.655. The van der Waals surface area contributed by atoms with Crippen molar-refractivity contribution < 1.29 is 13.9 Å². The summed E-state index contributed by atoms with van der Waals surface area (Å²) < 4.78 is 28.1. The van der Waals surface area contributed by atoms with Crippen LogP contribution in [0.15, 0.2) is 34.8 Å². The van der Waals surface area contributed by atoms with Gasteiger partial charge >= 0.3 is 0 Å². The largest absolute Gasteiger partial charge is 0.508 e. The number of phenols is 1. The Kier molecular flexibility index (Phi) is 4.04. The quantitative estimate of drug-likeness (QED) is 0.878. The number of halogens is 3. The first-order chi connectivity index (χ1) is 8.99. The van der Waals surface area contributed by atoms with Crippen LogP contribution in [0.5, 0.6) is 5.75 Å². The van der Waals surface area contributed by atoms with Crippen LogP contribution in [0.25, 0.3) is 0 Å². The molecular formula is C14H12BrF2NO. The molecule has 0 amide bonds. The number of hydrogen-bond donors (Lipinski definition) is 2. The molecule has 0 unspecified atom stereocenters. The van der Waals surface area contributed by atoms with Crippen LogP contribution in [0.2, 0.25) is 0 Å². The van der Waals surface area contributed by atoms with Crippen LogP contribution in [0.1, 0.15) is 11.1 Å². The van der Waals surface area contributed by atoms with Crippen molar-refractivity contribution in [3.8, 4) is 5.75 Å². The van der Waals surface area contributed by atoms with E-state index in [1.54, 1.807) is 19.1 Å². The highest BCUT2D eigenvalue weighted by Crippen LogP contribution is 2.25. The number of hydrogen-bond acceptors (Lipinski definition) is 2. The molecule has 0 aliphatic carbocycles. The predicted octanol–water partition coefficient (Wildman–Crippen LogP) is 4.35. The van der Waals surface area contributed by atoms with Crippen LogP contribution in [0, 0.1) is 18.6 Å². The van der Waals surface area contributed by atoms with E-state index in [0.717, 1.165) is 4.47 Å². The summed E-state index contributed by atoms with van der Waals surface area (Å²) in [7, 11) is 0. The van der Waals surface area contributed by atoms with Gasteiger partial charge in [-0.15, -0.1) is 0 Å². The van der Waals surface area contributed by atoms with E-state index in [4.69, 9.17) is 0 Å². The van der Waals surface area contributed by atoms with Crippen LogP contribution in [0.4, 0.5) is 14.5 Å². The Balaban J connectivity index is 2.24. The first-order valence-electron chi connectivity index (χ1n) is 5.65. The van der Waals surface area contributed by atoms with Gasteiger partial charge < -0.3 is 10.4 Å². The SMILES string of the molecule is Cc1ccc(F)c(NCc2cc(Br)ccc2O)c1F. The van der Waals surface area contributed by atoms with E-state index >= 15 is 0 Å². The molecule has 0 spiro atoms. The number of rotatable bonds is 3. The molecular weight excluding hydrogens is 316 g/mol. The average Bonchev–Trinajstić information content (AvgIpc) is 2.38. The highest BCUT2D eigenvalue weighted by atomic mass is 79.9. The van der Waals surface area contributed by atoms with Gasteiger partial charge in [-0.2, -0.15) is 0 Å². The molecule has 0 bridgehead atoms. The molecule has 0 saturated carbocycles. The first kappa shape index (κ1) is 13.8. The minimum absolute atomic E-state index is 0.0733. The molecule has 0 aromatic heterocycles. The molecule has 2 rings (SSSR count). The van der Waals surface area contributed by atoms with Crippen molar-refractivity contribution in [1.82, 2.24) is 0 Å². The topological polar surface area (TPSA) is 32.3 Å². The van der Waals surface area contributed by atoms with Crippen molar-refractivity contribution >= 4 is 21.6 Å². The van der Waals surface area contributed by atoms with Crippen molar-refractivity contribution in [3.63, 3.8) is 0 Å². The average molecular weight is 328 g/mol. The van der Waals surface area contributed by atoms with E-state index in [2.05, 4.69) is 21.2 Å². The van der Waals surface area contributed by atoms with Crippen LogP contribution in [0.3, 0.4) is 0 Å². The summed E-state index contributed by atoms with van der Waals surface area (Å²) in [5, 5.41) is 12.3. The Labute approximate surface area is 118 Å². The lowest BCUT2D eigenvalue weighted by Crippen LogP contribution is -2.05.